The van der Waals surface area contributed by atoms with Gasteiger partial charge in [0.05, 0.1) is 44.5 Å². The van der Waals surface area contributed by atoms with Crippen molar-refractivity contribution in [2.45, 2.75) is 0 Å². The topological polar surface area (TPSA) is 53.5 Å². The summed E-state index contributed by atoms with van der Waals surface area (Å²) in [5.41, 5.74) is 12.9. The van der Waals surface area contributed by atoms with Crippen molar-refractivity contribution in [3.05, 3.63) is 218 Å². The Bertz CT molecular complexity index is 3840. The largest absolute Gasteiger partial charge is 0.308 e. The maximum atomic E-state index is 5.20. The van der Waals surface area contributed by atoms with E-state index in [1.54, 1.807) is 0 Å². The predicted molar refractivity (Wildman–Crippen MR) is 259 cm³/mol. The molecule has 0 unspecified atom stereocenters. The van der Waals surface area contributed by atoms with Gasteiger partial charge < -0.3 is 13.7 Å². The molecule has 0 aliphatic rings. The van der Waals surface area contributed by atoms with E-state index in [0.29, 0.717) is 17.5 Å². The van der Waals surface area contributed by atoms with Crippen LogP contribution in [0.25, 0.3) is 117 Å². The summed E-state index contributed by atoms with van der Waals surface area (Å²) in [7, 11) is 0. The quantitative estimate of drug-likeness (QED) is 0.168. The van der Waals surface area contributed by atoms with Crippen LogP contribution in [0.15, 0.2) is 218 Å². The molecule has 294 valence electrons. The van der Waals surface area contributed by atoms with Gasteiger partial charge in [-0.05, 0) is 54.6 Å². The summed E-state index contributed by atoms with van der Waals surface area (Å²) in [6, 6.07) is 77.3. The average molecular weight is 805 g/mol. The van der Waals surface area contributed by atoms with Crippen LogP contribution in [0.5, 0.6) is 0 Å². The van der Waals surface area contributed by atoms with Crippen LogP contribution in [-0.2, 0) is 0 Å². The van der Waals surface area contributed by atoms with Crippen LogP contribution in [0.4, 0.5) is 0 Å². The van der Waals surface area contributed by atoms with Crippen LogP contribution in [0.1, 0.15) is 0 Å². The molecule has 13 rings (SSSR count). The van der Waals surface area contributed by atoms with Crippen molar-refractivity contribution in [2.24, 2.45) is 0 Å². The Morgan fingerprint density at radius 3 is 1.41 bits per heavy atom. The molecular formula is C57H36N6. The minimum Gasteiger partial charge on any atom is -0.308 e. The van der Waals surface area contributed by atoms with Crippen LogP contribution < -0.4 is 0 Å². The Hall–Kier alpha value is -8.61. The van der Waals surface area contributed by atoms with Gasteiger partial charge >= 0.3 is 0 Å². The van der Waals surface area contributed by atoms with Crippen LogP contribution >= 0.6 is 0 Å². The summed E-state index contributed by atoms with van der Waals surface area (Å²) in [5.74, 6) is 1.87. The Morgan fingerprint density at radius 2 is 0.746 bits per heavy atom. The molecule has 13 aromatic rings. The molecule has 4 aromatic heterocycles. The molecule has 0 saturated carbocycles. The molecule has 0 aliphatic heterocycles. The zero-order chi connectivity index (χ0) is 41.4. The molecule has 9 aromatic carbocycles. The first-order valence-corrected chi connectivity index (χ1v) is 21.3. The molecule has 6 heteroatoms. The summed E-state index contributed by atoms with van der Waals surface area (Å²) in [6.45, 7) is 0. The lowest BCUT2D eigenvalue weighted by Crippen LogP contribution is -2.03. The number of para-hydroxylation sites is 6. The molecule has 0 spiro atoms. The van der Waals surface area contributed by atoms with Gasteiger partial charge in [-0.1, -0.05) is 164 Å². The van der Waals surface area contributed by atoms with Crippen LogP contribution in [0.2, 0.25) is 0 Å². The molecular weight excluding hydrogens is 769 g/mol. The van der Waals surface area contributed by atoms with Crippen molar-refractivity contribution in [2.75, 3.05) is 0 Å². The third kappa shape index (κ3) is 5.35. The maximum absolute atomic E-state index is 5.20. The first-order valence-electron chi connectivity index (χ1n) is 21.3. The summed E-state index contributed by atoms with van der Waals surface area (Å²) < 4.78 is 7.35. The number of hydrogen-bond acceptors (Lipinski definition) is 3. The number of nitrogens with zero attached hydrogens (tertiary/aromatic N) is 6. The fraction of sp³-hybridized carbons (Fsp3) is 0. The van der Waals surface area contributed by atoms with Gasteiger partial charge in [0.25, 0.3) is 0 Å². The molecule has 0 aliphatic carbocycles. The van der Waals surface area contributed by atoms with Crippen molar-refractivity contribution in [3.63, 3.8) is 0 Å². The second kappa shape index (κ2) is 14.0. The summed E-state index contributed by atoms with van der Waals surface area (Å²) >= 11 is 0. The second-order valence-corrected chi connectivity index (χ2v) is 16.0. The third-order valence-electron chi connectivity index (χ3n) is 12.5. The first-order chi connectivity index (χ1) is 31.3. The smallest absolute Gasteiger partial charge is 0.166 e. The monoisotopic (exact) mass is 804 g/mol. The number of benzene rings is 9. The molecule has 63 heavy (non-hydrogen) atoms. The third-order valence-corrected chi connectivity index (χ3v) is 12.5. The summed E-state index contributed by atoms with van der Waals surface area (Å²) in [4.78, 5) is 15.4. The van der Waals surface area contributed by atoms with E-state index in [9.17, 15) is 0 Å². The SMILES string of the molecule is c1ccc(-c2nc(-c3ccccc3)nc(-c3ccccc3-n3c4ccccc4c4c3ccc3c5ccccc5n(-c5cccc6c7ccccc7n(-c7ccccc7)c56)c34)n2)cc1. The van der Waals surface area contributed by atoms with E-state index in [0.717, 1.165) is 61.3 Å². The van der Waals surface area contributed by atoms with E-state index in [2.05, 4.69) is 196 Å². The van der Waals surface area contributed by atoms with Gasteiger partial charge in [0.15, 0.2) is 17.5 Å². The lowest BCUT2D eigenvalue weighted by molar-refractivity contribution is 1.06. The Balaban J connectivity index is 1.14. The highest BCUT2D eigenvalue weighted by Gasteiger charge is 2.25. The highest BCUT2D eigenvalue weighted by atomic mass is 15.1. The highest BCUT2D eigenvalue weighted by molar-refractivity contribution is 6.27. The minimum atomic E-state index is 0.611. The van der Waals surface area contributed by atoms with Gasteiger partial charge in [-0.2, -0.15) is 0 Å². The van der Waals surface area contributed by atoms with Gasteiger partial charge in [0.2, 0.25) is 0 Å². The van der Waals surface area contributed by atoms with E-state index in [-0.39, 0.29) is 0 Å². The van der Waals surface area contributed by atoms with E-state index in [1.807, 2.05) is 36.4 Å². The normalized spacial score (nSPS) is 11.8. The number of aromatic nitrogens is 6. The van der Waals surface area contributed by atoms with Crippen molar-refractivity contribution >= 4 is 65.4 Å². The summed E-state index contributed by atoms with van der Waals surface area (Å²) in [6.07, 6.45) is 0. The predicted octanol–water partition coefficient (Wildman–Crippen LogP) is 14.2. The Kier molecular flexibility index (Phi) is 7.80. The van der Waals surface area contributed by atoms with E-state index >= 15 is 0 Å². The van der Waals surface area contributed by atoms with Gasteiger partial charge in [-0.15, -0.1) is 0 Å². The summed E-state index contributed by atoms with van der Waals surface area (Å²) in [5, 5.41) is 7.19. The van der Waals surface area contributed by atoms with Crippen molar-refractivity contribution in [3.8, 4) is 51.2 Å². The zero-order valence-electron chi connectivity index (χ0n) is 34.0. The van der Waals surface area contributed by atoms with E-state index < -0.39 is 0 Å². The fourth-order valence-electron chi connectivity index (χ4n) is 9.83. The molecule has 0 radical (unpaired) electrons. The molecule has 0 bridgehead atoms. The van der Waals surface area contributed by atoms with Crippen molar-refractivity contribution < 1.29 is 0 Å². The number of fused-ring (bicyclic) bond motifs is 10. The van der Waals surface area contributed by atoms with E-state index in [1.165, 1.54) is 37.8 Å². The number of hydrogen-bond donors (Lipinski definition) is 0. The highest BCUT2D eigenvalue weighted by Crippen LogP contribution is 2.45. The Morgan fingerprint density at radius 1 is 0.270 bits per heavy atom. The lowest BCUT2D eigenvalue weighted by Gasteiger charge is -2.15. The van der Waals surface area contributed by atoms with Crippen LogP contribution in [0.3, 0.4) is 0 Å². The average Bonchev–Trinajstić information content (AvgIpc) is 4.00. The maximum Gasteiger partial charge on any atom is 0.166 e. The van der Waals surface area contributed by atoms with E-state index in [4.69, 9.17) is 15.0 Å². The van der Waals surface area contributed by atoms with Crippen molar-refractivity contribution in [1.29, 1.82) is 0 Å². The molecule has 0 amide bonds. The molecule has 0 atom stereocenters. The molecule has 0 N–H and O–H groups in total. The fourth-order valence-corrected chi connectivity index (χ4v) is 9.83. The molecule has 6 nitrogen and oxygen atoms in total. The van der Waals surface area contributed by atoms with Gasteiger partial charge in [0, 0.05) is 54.7 Å². The van der Waals surface area contributed by atoms with Gasteiger partial charge in [-0.3, -0.25) is 0 Å². The lowest BCUT2D eigenvalue weighted by atomic mass is 10.1. The van der Waals surface area contributed by atoms with Crippen molar-refractivity contribution in [1.82, 2.24) is 28.7 Å². The minimum absolute atomic E-state index is 0.611. The van der Waals surface area contributed by atoms with Crippen LogP contribution in [-0.4, -0.2) is 28.7 Å². The molecule has 4 heterocycles. The van der Waals surface area contributed by atoms with Gasteiger partial charge in [-0.25, -0.2) is 15.0 Å². The van der Waals surface area contributed by atoms with Crippen LogP contribution in [0, 0.1) is 0 Å². The van der Waals surface area contributed by atoms with Gasteiger partial charge in [0.1, 0.15) is 0 Å². The first kappa shape index (κ1) is 35.2. The standard InChI is InChI=1S/C57H36N6/c1-4-19-37(20-5-1)55-58-56(38-21-6-2-7-22-38)60-57(59-55)45-28-13-17-33-49(45)62-48-32-16-12-27-44(48)52-50(62)36-35-43-41-26-11-15-31-47(41)63(54(43)52)51-34-18-29-42-40-25-10-14-30-46(40)61(53(42)51)39-23-8-3-9-24-39/h1-36H. The Labute approximate surface area is 362 Å². The molecule has 0 saturated heterocycles. The molecule has 0 fully saturated rings. The number of rotatable bonds is 6. The zero-order valence-corrected chi connectivity index (χ0v) is 34.0. The second-order valence-electron chi connectivity index (χ2n) is 16.0.